The molecular formula is C31H47BN6O7. The number of hydrazine groups is 1. The van der Waals surface area contributed by atoms with E-state index >= 15 is 0 Å². The molecule has 0 aromatic heterocycles. The van der Waals surface area contributed by atoms with Gasteiger partial charge in [-0.15, -0.1) is 0 Å². The molecule has 1 aromatic carbocycles. The molecule has 6 atom stereocenters. The number of rotatable bonds is 14. The van der Waals surface area contributed by atoms with Crippen LogP contribution in [0.3, 0.4) is 0 Å². The highest BCUT2D eigenvalue weighted by molar-refractivity contribution is 6.48. The van der Waals surface area contributed by atoms with Crippen LogP contribution in [0.1, 0.15) is 72.3 Å². The molecule has 4 aliphatic rings. The fraction of sp³-hybridized carbons (Fsp3) is 0.645. The molecule has 14 heteroatoms. The van der Waals surface area contributed by atoms with Crippen LogP contribution in [0.2, 0.25) is 0 Å². The highest BCUT2D eigenvalue weighted by Gasteiger charge is 2.68. The third-order valence-corrected chi connectivity index (χ3v) is 9.68. The molecular weight excluding hydrogens is 579 g/mol. The molecule has 1 saturated heterocycles. The van der Waals surface area contributed by atoms with E-state index in [9.17, 15) is 19.7 Å². The second-order valence-electron chi connectivity index (χ2n) is 13.5. The van der Waals surface area contributed by atoms with E-state index in [0.29, 0.717) is 36.0 Å². The van der Waals surface area contributed by atoms with Crippen LogP contribution in [-0.4, -0.2) is 67.3 Å². The summed E-state index contributed by atoms with van der Waals surface area (Å²) in [6, 6.07) is 6.35. The highest BCUT2D eigenvalue weighted by Crippen LogP contribution is 2.65. The van der Waals surface area contributed by atoms with Crippen LogP contribution in [0, 0.1) is 33.3 Å². The van der Waals surface area contributed by atoms with Crippen molar-refractivity contribution in [3.05, 3.63) is 46.0 Å². The molecule has 1 heterocycles. The number of carbonyl (C=O) groups is 2. The lowest BCUT2D eigenvalue weighted by Crippen LogP contribution is -2.65. The summed E-state index contributed by atoms with van der Waals surface area (Å²) in [6.45, 7) is 11.0. The maximum atomic E-state index is 13.8. The van der Waals surface area contributed by atoms with Crippen molar-refractivity contribution < 1.29 is 28.7 Å². The summed E-state index contributed by atoms with van der Waals surface area (Å²) in [5.74, 6) is 0.223. The van der Waals surface area contributed by atoms with Gasteiger partial charge in [-0.05, 0) is 74.3 Å². The van der Waals surface area contributed by atoms with E-state index in [1.54, 1.807) is 24.7 Å². The van der Waals surface area contributed by atoms with Gasteiger partial charge in [0, 0.05) is 18.2 Å². The molecule has 3 saturated carbocycles. The second-order valence-corrected chi connectivity index (χ2v) is 13.5. The number of hydrogen-bond acceptors (Lipinski definition) is 8. The number of nitrogens with two attached hydrogens (primary N) is 1. The minimum atomic E-state index is -0.916. The zero-order valence-corrected chi connectivity index (χ0v) is 27.1. The van der Waals surface area contributed by atoms with E-state index in [0.717, 1.165) is 12.8 Å². The fourth-order valence-corrected chi connectivity index (χ4v) is 7.18. The van der Waals surface area contributed by atoms with E-state index in [4.69, 9.17) is 19.8 Å². The number of amides is 2. The van der Waals surface area contributed by atoms with Crippen molar-refractivity contribution >= 4 is 31.0 Å². The van der Waals surface area contributed by atoms with Crippen molar-refractivity contribution in [2.24, 2.45) is 33.9 Å². The third kappa shape index (κ3) is 7.96. The molecule has 45 heavy (non-hydrogen) atoms. The lowest BCUT2D eigenvalue weighted by Gasteiger charge is -2.64. The second kappa shape index (κ2) is 14.2. The minimum absolute atomic E-state index is 0.0300. The maximum absolute atomic E-state index is 13.8. The molecule has 5 N–H and O–H groups in total. The monoisotopic (exact) mass is 626 g/mol. The van der Waals surface area contributed by atoms with Gasteiger partial charge < -0.3 is 30.4 Å². The number of nitro groups is 1. The molecule has 246 valence electrons. The molecule has 4 fully saturated rings. The number of guanidine groups is 1. The molecule has 5 rings (SSSR count). The average molecular weight is 627 g/mol. The first-order chi connectivity index (χ1) is 21.2. The zero-order chi connectivity index (χ0) is 32.9. The summed E-state index contributed by atoms with van der Waals surface area (Å²) in [4.78, 5) is 41.4. The lowest BCUT2D eigenvalue weighted by atomic mass is 9.43. The van der Waals surface area contributed by atoms with Crippen LogP contribution < -0.4 is 26.5 Å². The predicted molar refractivity (Wildman–Crippen MR) is 171 cm³/mol. The van der Waals surface area contributed by atoms with E-state index in [1.165, 1.54) is 6.08 Å². The Morgan fingerprint density at radius 2 is 1.98 bits per heavy atom. The molecule has 2 amide bonds. The Balaban J connectivity index is 1.47. The molecule has 0 radical (unpaired) electrons. The number of nitrogens with one attached hydrogen (secondary N) is 3. The topological polar surface area (TPSA) is 179 Å². The van der Waals surface area contributed by atoms with Gasteiger partial charge in [-0.1, -0.05) is 51.3 Å². The van der Waals surface area contributed by atoms with E-state index in [1.807, 2.05) is 18.2 Å². The Morgan fingerprint density at radius 3 is 2.64 bits per heavy atom. The van der Waals surface area contributed by atoms with Gasteiger partial charge in [0.1, 0.15) is 11.8 Å². The average Bonchev–Trinajstić information content (AvgIpc) is 3.34. The lowest BCUT2D eigenvalue weighted by molar-refractivity contribution is -0.525. The molecule has 3 aliphatic carbocycles. The molecule has 0 unspecified atom stereocenters. The Morgan fingerprint density at radius 1 is 1.24 bits per heavy atom. The van der Waals surface area contributed by atoms with Crippen LogP contribution in [0.4, 0.5) is 0 Å². The molecule has 1 aliphatic heterocycles. The number of methoxy groups -OCH3 is 1. The molecule has 2 bridgehead atoms. The number of carbonyl (C=O) groups excluding carboxylic acids is 2. The van der Waals surface area contributed by atoms with Gasteiger partial charge in [-0.25, -0.2) is 15.1 Å². The summed E-state index contributed by atoms with van der Waals surface area (Å²) in [5.41, 5.74) is 7.79. The largest absolute Gasteiger partial charge is 0.496 e. The Labute approximate surface area is 265 Å². The van der Waals surface area contributed by atoms with Crippen molar-refractivity contribution in [1.29, 1.82) is 0 Å². The van der Waals surface area contributed by atoms with E-state index < -0.39 is 35.6 Å². The predicted octanol–water partition coefficient (Wildman–Crippen LogP) is 2.87. The van der Waals surface area contributed by atoms with Crippen LogP contribution >= 0.6 is 0 Å². The SMILES string of the molecule is COc1ccccc1/C=C\C(=O)N[C@@H](CCCN=C(N)N[N+](=O)[O-])C(=O)N[C@@H](CC(C)C)B1O[C@@H]2C[C@@H]3C[C@@H](C3(C)C)[C@]2(C)O1. The number of aliphatic imine (C=N–C) groups is 1. The number of ether oxygens (including phenoxy) is 1. The Bertz CT molecular complexity index is 1310. The molecule has 0 spiro atoms. The van der Waals surface area contributed by atoms with Gasteiger partial charge in [0.2, 0.25) is 11.8 Å². The van der Waals surface area contributed by atoms with Gasteiger partial charge >= 0.3 is 7.12 Å². The Hall–Kier alpha value is -3.65. The van der Waals surface area contributed by atoms with Crippen molar-refractivity contribution in [2.75, 3.05) is 13.7 Å². The van der Waals surface area contributed by atoms with Crippen molar-refractivity contribution in [1.82, 2.24) is 16.1 Å². The van der Waals surface area contributed by atoms with Gasteiger partial charge in [-0.3, -0.25) is 9.59 Å². The maximum Gasteiger partial charge on any atom is 0.481 e. The van der Waals surface area contributed by atoms with Crippen LogP contribution in [0.15, 0.2) is 35.3 Å². The van der Waals surface area contributed by atoms with Crippen LogP contribution in [0.25, 0.3) is 6.08 Å². The Kier molecular flexibility index (Phi) is 10.8. The number of benzene rings is 1. The van der Waals surface area contributed by atoms with Gasteiger partial charge in [-0.2, -0.15) is 0 Å². The van der Waals surface area contributed by atoms with E-state index in [-0.39, 0.29) is 42.3 Å². The van der Waals surface area contributed by atoms with Crippen LogP contribution in [-0.2, 0) is 18.9 Å². The van der Waals surface area contributed by atoms with E-state index in [2.05, 4.69) is 50.2 Å². The number of para-hydroxylation sites is 1. The minimum Gasteiger partial charge on any atom is -0.496 e. The quantitative estimate of drug-likeness (QED) is 0.0460. The first-order valence-corrected chi connectivity index (χ1v) is 15.7. The smallest absolute Gasteiger partial charge is 0.481 e. The van der Waals surface area contributed by atoms with Gasteiger partial charge in [0.25, 0.3) is 5.96 Å². The fourth-order valence-electron chi connectivity index (χ4n) is 7.18. The first-order valence-electron chi connectivity index (χ1n) is 15.7. The summed E-state index contributed by atoms with van der Waals surface area (Å²) in [7, 11) is 0.939. The van der Waals surface area contributed by atoms with Gasteiger partial charge in [0.15, 0.2) is 5.03 Å². The molecule has 13 nitrogen and oxygen atoms in total. The highest BCUT2D eigenvalue weighted by atomic mass is 16.7. The first kappa shape index (κ1) is 34.2. The third-order valence-electron chi connectivity index (χ3n) is 9.68. The standard InChI is InChI=1S/C31H47BN6O7/c1-19(2)16-26(32-44-25-18-21-17-24(30(21,3)4)31(25,5)45-32)36-28(40)22(11-9-15-34-29(33)37-38(41)42)35-27(39)14-13-20-10-7-8-12-23(20)43-6/h7-8,10,12-14,19,21-22,24-26H,9,11,15-18H2,1-6H3,(H,35,39)(H,36,40)(H3,33,34,37)/b14-13-/t21-,22-,24-,25+,26-,31-/m0/s1. The summed E-state index contributed by atoms with van der Waals surface area (Å²) >= 11 is 0. The van der Waals surface area contributed by atoms with Crippen molar-refractivity contribution in [3.8, 4) is 5.75 Å². The van der Waals surface area contributed by atoms with Crippen molar-refractivity contribution in [2.45, 2.75) is 90.4 Å². The normalized spacial score (nSPS) is 26.5. The van der Waals surface area contributed by atoms with Crippen molar-refractivity contribution in [3.63, 3.8) is 0 Å². The van der Waals surface area contributed by atoms with Crippen LogP contribution in [0.5, 0.6) is 5.75 Å². The zero-order valence-electron chi connectivity index (χ0n) is 27.1. The van der Waals surface area contributed by atoms with Gasteiger partial charge in [0.05, 0.1) is 24.8 Å². The summed E-state index contributed by atoms with van der Waals surface area (Å²) in [6.07, 6.45) is 6.17. The molecule has 1 aromatic rings. The number of hydrogen-bond donors (Lipinski definition) is 4. The number of nitrogens with zero attached hydrogens (tertiary/aromatic N) is 2. The summed E-state index contributed by atoms with van der Waals surface area (Å²) < 4.78 is 18.6. The summed E-state index contributed by atoms with van der Waals surface area (Å²) in [5, 5.41) is 15.7.